The number of aliphatic hydroxyl groups excluding tert-OH is 2. The summed E-state index contributed by atoms with van der Waals surface area (Å²) in [5.41, 5.74) is 27.5. The van der Waals surface area contributed by atoms with E-state index in [1.54, 1.807) is 12.1 Å². The maximum atomic E-state index is 14.6. The Balaban J connectivity index is 0.782. The van der Waals surface area contributed by atoms with Crippen LogP contribution in [0.2, 0.25) is 0 Å². The first-order valence-corrected chi connectivity index (χ1v) is 32.3. The predicted octanol–water partition coefficient (Wildman–Crippen LogP) is 8.04. The van der Waals surface area contributed by atoms with E-state index < -0.39 is 12.7 Å². The summed E-state index contributed by atoms with van der Waals surface area (Å²) in [5, 5.41) is 49.2. The highest BCUT2D eigenvalue weighted by Gasteiger charge is 2.70. The number of Topliss-reactive ketones (excluding diaryl/α,β-unsaturated/α-hetero) is 1. The summed E-state index contributed by atoms with van der Waals surface area (Å²) < 4.78 is 5.61. The van der Waals surface area contributed by atoms with Crippen LogP contribution in [0.4, 0.5) is 0 Å². The van der Waals surface area contributed by atoms with E-state index in [9.17, 15) is 24.9 Å². The first-order chi connectivity index (χ1) is 41.2. The third kappa shape index (κ3) is 12.4. The van der Waals surface area contributed by atoms with Gasteiger partial charge in [-0.15, -0.1) is 0 Å². The molecule has 14 heteroatoms. The Labute approximate surface area is 503 Å². The van der Waals surface area contributed by atoms with Crippen LogP contribution >= 0.6 is 0 Å². The molecule has 9 aliphatic rings. The largest absolute Gasteiger partial charge is 0.504 e. The summed E-state index contributed by atoms with van der Waals surface area (Å²) in [6, 6.07) is 23.2. The second kappa shape index (κ2) is 25.5. The maximum Gasteiger partial charge on any atom is 0.186 e. The third-order valence-corrected chi connectivity index (χ3v) is 22.5. The number of carbonyl (C=O) groups excluding carboxylic acids is 2. The summed E-state index contributed by atoms with van der Waals surface area (Å²) in [7, 11) is 1.48. The number of ether oxygens (including phenoxy) is 1. The molecule has 16 unspecified atom stereocenters. The number of nitrogens with two attached hydrogens (primary N) is 3. The number of aryl methyl sites for hydroxylation is 3. The molecule has 4 aliphatic heterocycles. The molecule has 6 fully saturated rings. The van der Waals surface area contributed by atoms with Crippen molar-refractivity contribution in [1.29, 1.82) is 0 Å². The monoisotopic (exact) mass is 1150 g/mol. The molecule has 3 aromatic carbocycles. The van der Waals surface area contributed by atoms with Gasteiger partial charge in [0.2, 0.25) is 0 Å². The number of ketones is 2. The normalized spacial score (nSPS) is 34.1. The number of fused-ring (bicyclic) bond motifs is 3. The van der Waals surface area contributed by atoms with Crippen LogP contribution in [0.3, 0.4) is 0 Å². The molecule has 5 aliphatic carbocycles. The Morgan fingerprint density at radius 1 is 0.918 bits per heavy atom. The molecule has 0 aromatic heterocycles. The number of aliphatic hydroxyl groups is 2. The van der Waals surface area contributed by atoms with Crippen molar-refractivity contribution in [1.82, 2.24) is 21.3 Å². The number of dihydropyridines is 1. The summed E-state index contributed by atoms with van der Waals surface area (Å²) in [5.74, 6) is 3.58. The highest BCUT2D eigenvalue weighted by atomic mass is 16.5. The minimum Gasteiger partial charge on any atom is -0.504 e. The SMILES string of the molecule is COc1cc(C(=CC(=O)CC(=O)CC2CCC3C(CC4C5CCNCC5CC5C=CCNC54)(C2)CC2NC(C(C)O)C=C4CC(N=C(N)N)CC5CCC23C45)CO)c(CC2=CNC(N)C=C2CCc2cccc(CCc3ccccc3)c2)cc1O. The highest BCUT2D eigenvalue weighted by molar-refractivity contribution is 6.08. The number of aliphatic imine (C=N–C) groups is 1. The van der Waals surface area contributed by atoms with E-state index in [1.165, 1.54) is 48.3 Å². The van der Waals surface area contributed by atoms with Gasteiger partial charge in [0, 0.05) is 31.2 Å². The van der Waals surface area contributed by atoms with Crippen molar-refractivity contribution in [2.24, 2.45) is 80.4 Å². The number of aromatic hydroxyl groups is 1. The van der Waals surface area contributed by atoms with Gasteiger partial charge in [0.05, 0.1) is 44.5 Å². The summed E-state index contributed by atoms with van der Waals surface area (Å²) in [6.07, 6.45) is 27.2. The topological polar surface area (TPSA) is 243 Å². The molecule has 5 saturated carbocycles. The van der Waals surface area contributed by atoms with Crippen molar-refractivity contribution in [2.75, 3.05) is 33.4 Å². The van der Waals surface area contributed by atoms with Gasteiger partial charge in [0.1, 0.15) is 5.78 Å². The summed E-state index contributed by atoms with van der Waals surface area (Å²) >= 11 is 0. The fourth-order valence-electron chi connectivity index (χ4n) is 19.3. The van der Waals surface area contributed by atoms with Crippen LogP contribution in [-0.2, 0) is 35.3 Å². The first kappa shape index (κ1) is 59.5. The molecule has 12 rings (SSSR count). The highest BCUT2D eigenvalue weighted by Crippen LogP contribution is 2.74. The maximum absolute atomic E-state index is 14.6. The average molecular weight is 1160 g/mol. The van der Waals surface area contributed by atoms with Crippen molar-refractivity contribution in [3.05, 3.63) is 148 Å². The molecule has 4 heterocycles. The van der Waals surface area contributed by atoms with E-state index in [0.717, 1.165) is 114 Å². The Morgan fingerprint density at radius 2 is 1.72 bits per heavy atom. The second-order valence-corrected chi connectivity index (χ2v) is 27.5. The van der Waals surface area contributed by atoms with Crippen molar-refractivity contribution >= 4 is 23.1 Å². The van der Waals surface area contributed by atoms with Gasteiger partial charge in [-0.1, -0.05) is 78.4 Å². The molecule has 16 atom stereocenters. The second-order valence-electron chi connectivity index (χ2n) is 27.5. The Hall–Kier alpha value is -5.87. The zero-order valence-corrected chi connectivity index (χ0v) is 50.2. The van der Waals surface area contributed by atoms with Crippen molar-refractivity contribution in [2.45, 2.75) is 159 Å². The third-order valence-electron chi connectivity index (χ3n) is 22.5. The number of nitrogens with zero attached hydrogens (tertiary/aromatic N) is 1. The van der Waals surface area contributed by atoms with E-state index >= 15 is 0 Å². The molecule has 0 bridgehead atoms. The van der Waals surface area contributed by atoms with E-state index in [0.29, 0.717) is 77.0 Å². The lowest BCUT2D eigenvalue weighted by Crippen LogP contribution is -2.57. The fourth-order valence-corrected chi connectivity index (χ4v) is 19.3. The van der Waals surface area contributed by atoms with Gasteiger partial charge in [-0.05, 0) is 250 Å². The molecule has 13 N–H and O–H groups in total. The van der Waals surface area contributed by atoms with Crippen molar-refractivity contribution in [3.63, 3.8) is 0 Å². The van der Waals surface area contributed by atoms with Gasteiger partial charge in [-0.25, -0.2) is 4.99 Å². The van der Waals surface area contributed by atoms with Gasteiger partial charge < -0.3 is 58.5 Å². The Kier molecular flexibility index (Phi) is 17.8. The molecule has 0 amide bonds. The quantitative estimate of drug-likeness (QED) is 0.0170. The summed E-state index contributed by atoms with van der Waals surface area (Å²) in [6.45, 7) is 4.49. The number of rotatable bonds is 20. The van der Waals surface area contributed by atoms with Crippen molar-refractivity contribution < 1.29 is 29.6 Å². The van der Waals surface area contributed by atoms with Crippen LogP contribution in [0.15, 0.2) is 125 Å². The van der Waals surface area contributed by atoms with Crippen LogP contribution in [0.1, 0.15) is 125 Å². The van der Waals surface area contributed by atoms with Crippen molar-refractivity contribution in [3.8, 4) is 11.5 Å². The predicted molar refractivity (Wildman–Crippen MR) is 336 cm³/mol. The number of hydrogen-bond acceptors (Lipinski definition) is 12. The van der Waals surface area contributed by atoms with Gasteiger partial charge >= 0.3 is 0 Å². The number of hydrogen-bond donors (Lipinski definition) is 10. The van der Waals surface area contributed by atoms with E-state index in [4.69, 9.17) is 26.9 Å². The molecule has 14 nitrogen and oxygen atoms in total. The van der Waals surface area contributed by atoms with Crippen LogP contribution in [0, 0.1) is 58.2 Å². The number of piperidine rings is 1. The Morgan fingerprint density at radius 3 is 2.51 bits per heavy atom. The number of allylic oxidation sites excluding steroid dienone is 3. The smallest absolute Gasteiger partial charge is 0.186 e. The summed E-state index contributed by atoms with van der Waals surface area (Å²) in [4.78, 5) is 33.8. The molecule has 0 radical (unpaired) electrons. The Bertz CT molecular complexity index is 3130. The van der Waals surface area contributed by atoms with E-state index in [-0.39, 0.29) is 76.5 Å². The molecular weight excluding hydrogens is 1060 g/mol. The molecule has 1 saturated heterocycles. The van der Waals surface area contributed by atoms with Crippen LogP contribution in [0.25, 0.3) is 5.57 Å². The minimum absolute atomic E-state index is 0.0149. The molecule has 1 spiro atoms. The fraction of sp³-hybridized carbons (Fsp3) is 0.563. The number of phenolic OH excluding ortho intramolecular Hbond substituents is 1. The molecule has 3 aromatic rings. The van der Waals surface area contributed by atoms with E-state index in [2.05, 4.69) is 94.1 Å². The zero-order valence-electron chi connectivity index (χ0n) is 50.2. The number of phenols is 1. The number of benzene rings is 3. The van der Waals surface area contributed by atoms with Crippen LogP contribution in [-0.4, -0.2) is 103 Å². The number of guanidine groups is 1. The van der Waals surface area contributed by atoms with Gasteiger partial charge in [0.25, 0.3) is 0 Å². The molecular formula is C71H94N8O6. The van der Waals surface area contributed by atoms with Gasteiger partial charge in [0.15, 0.2) is 23.2 Å². The lowest BCUT2D eigenvalue weighted by atomic mass is 9.50. The lowest BCUT2D eigenvalue weighted by molar-refractivity contribution is -0.126. The zero-order chi connectivity index (χ0) is 59.0. The standard InChI is InChI=1S/C71H94N8O6/c1-42(81)61-31-51-29-55(78-69(73)74)28-48-19-21-71(67(48)51)64-18-16-46(36-70(64,38-65(71)79-61)37-60-58-20-23-75-39-53(58)26-49-12-7-22-76-68(49)60)25-56(82)34-57(83)30-54(41-80)59-35-63(85-2)62(84)32-50(59)27-52-40-77-66(72)33-47(52)17-15-45-11-6-10-44(24-45)14-13-43-8-4-3-5-9-43/h3-12,24,30-33,35,40,42,46,48-49,53,55,58,60-61,64-68,75-77,79-81,84H,13-23,25-29,34,36-39,41,72H2,1-2H3,(H4,73,74,78). The number of nitrogens with one attached hydrogen (secondary N) is 4. The van der Waals surface area contributed by atoms with E-state index in [1.807, 2.05) is 19.2 Å². The van der Waals surface area contributed by atoms with Crippen LogP contribution < -0.4 is 43.2 Å². The average Bonchev–Trinajstić information content (AvgIpc) is 1.83. The van der Waals surface area contributed by atoms with Gasteiger partial charge in [-0.2, -0.15) is 0 Å². The molecule has 454 valence electrons. The minimum atomic E-state index is -0.570. The molecule has 85 heavy (non-hydrogen) atoms. The first-order valence-electron chi connectivity index (χ1n) is 32.3. The van der Waals surface area contributed by atoms with Gasteiger partial charge in [-0.3, -0.25) is 9.59 Å². The lowest BCUT2D eigenvalue weighted by Gasteiger charge is -2.56. The number of methoxy groups -OCH3 is 1. The number of carbonyl (C=O) groups is 2. The van der Waals surface area contributed by atoms with Crippen LogP contribution in [0.5, 0.6) is 11.5 Å².